The first kappa shape index (κ1) is 17.4. The third kappa shape index (κ3) is 6.70. The molecule has 0 saturated heterocycles. The normalized spacial score (nSPS) is 14.2. The van der Waals surface area contributed by atoms with E-state index in [-0.39, 0.29) is 6.10 Å². The van der Waals surface area contributed by atoms with Gasteiger partial charge in [-0.25, -0.2) is 0 Å². The lowest BCUT2D eigenvalue weighted by Gasteiger charge is -2.27. The molecule has 0 saturated carbocycles. The molecule has 0 aromatic heterocycles. The zero-order chi connectivity index (χ0) is 15.4. The van der Waals surface area contributed by atoms with Gasteiger partial charge in [-0.05, 0) is 64.0 Å². The molecule has 0 heterocycles. The van der Waals surface area contributed by atoms with Crippen LogP contribution in [0.5, 0.6) is 5.75 Å². The minimum Gasteiger partial charge on any atom is -0.544 e. The molecule has 20 heavy (non-hydrogen) atoms. The third-order valence-electron chi connectivity index (χ3n) is 2.54. The Labute approximate surface area is 126 Å². The van der Waals surface area contributed by atoms with Crippen molar-refractivity contribution in [2.75, 3.05) is 13.6 Å². The smallest absolute Gasteiger partial charge is 0.242 e. The molecule has 1 unspecified atom stereocenters. The van der Waals surface area contributed by atoms with Crippen molar-refractivity contribution >= 4 is 16.6 Å². The van der Waals surface area contributed by atoms with Crippen molar-refractivity contribution in [3.8, 4) is 5.75 Å². The number of likely N-dealkylation sites (N-methyl/N-ethyl adjacent to an activating group) is 1. The van der Waals surface area contributed by atoms with E-state index in [0.717, 1.165) is 12.3 Å². The van der Waals surface area contributed by atoms with Gasteiger partial charge in [-0.3, -0.25) is 0 Å². The summed E-state index contributed by atoms with van der Waals surface area (Å²) >= 11 is 0. The maximum absolute atomic E-state index is 6.28. The van der Waals surface area contributed by atoms with E-state index in [2.05, 4.69) is 62.8 Å². The molecule has 1 rings (SSSR count). The molecule has 0 aliphatic heterocycles. The summed E-state index contributed by atoms with van der Waals surface area (Å²) in [5.74, 6) is 0.960. The molecule has 0 amide bonds. The molecule has 1 atom stereocenters. The molecule has 0 spiro atoms. The predicted molar refractivity (Wildman–Crippen MR) is 91.5 cm³/mol. The van der Waals surface area contributed by atoms with Crippen molar-refractivity contribution in [3.63, 3.8) is 0 Å². The van der Waals surface area contributed by atoms with Crippen LogP contribution in [0.1, 0.15) is 11.7 Å². The SMILES string of the molecule is CNCC(O[Si](C)(C)C)c1cccc(O[Si](C)(C)C)c1. The van der Waals surface area contributed by atoms with E-state index in [9.17, 15) is 0 Å². The molecule has 114 valence electrons. The minimum absolute atomic E-state index is 0.0943. The fourth-order valence-corrected chi connectivity index (χ4v) is 3.88. The van der Waals surface area contributed by atoms with E-state index in [0.29, 0.717) is 0 Å². The highest BCUT2D eigenvalue weighted by Gasteiger charge is 2.23. The van der Waals surface area contributed by atoms with Crippen molar-refractivity contribution in [1.29, 1.82) is 0 Å². The van der Waals surface area contributed by atoms with Gasteiger partial charge in [0.05, 0.1) is 6.10 Å². The summed E-state index contributed by atoms with van der Waals surface area (Å²) in [4.78, 5) is 0. The first-order valence-corrected chi connectivity index (χ1v) is 14.0. The van der Waals surface area contributed by atoms with Crippen LogP contribution in [-0.4, -0.2) is 30.2 Å². The van der Waals surface area contributed by atoms with Crippen LogP contribution in [0.15, 0.2) is 24.3 Å². The van der Waals surface area contributed by atoms with Gasteiger partial charge in [0.2, 0.25) is 8.32 Å². The first-order chi connectivity index (χ1) is 9.11. The Bertz CT molecular complexity index is 425. The maximum atomic E-state index is 6.28. The van der Waals surface area contributed by atoms with E-state index in [1.54, 1.807) is 0 Å². The Morgan fingerprint density at radius 1 is 1.05 bits per heavy atom. The van der Waals surface area contributed by atoms with Gasteiger partial charge in [-0.2, -0.15) is 0 Å². The Morgan fingerprint density at radius 2 is 1.70 bits per heavy atom. The van der Waals surface area contributed by atoms with Crippen LogP contribution in [0.25, 0.3) is 0 Å². The van der Waals surface area contributed by atoms with Crippen molar-refractivity contribution in [2.24, 2.45) is 0 Å². The van der Waals surface area contributed by atoms with Crippen LogP contribution >= 0.6 is 0 Å². The molecule has 0 radical (unpaired) electrons. The van der Waals surface area contributed by atoms with Gasteiger partial charge in [-0.15, -0.1) is 0 Å². The van der Waals surface area contributed by atoms with Gasteiger partial charge in [0, 0.05) is 6.54 Å². The minimum atomic E-state index is -1.58. The fourth-order valence-electron chi connectivity index (χ4n) is 1.97. The van der Waals surface area contributed by atoms with Crippen LogP contribution in [0.4, 0.5) is 0 Å². The summed E-state index contributed by atoms with van der Waals surface area (Å²) in [6.07, 6.45) is 0.0943. The molecule has 1 aromatic rings. The highest BCUT2D eigenvalue weighted by atomic mass is 28.4. The lowest BCUT2D eigenvalue weighted by molar-refractivity contribution is 0.197. The van der Waals surface area contributed by atoms with Crippen LogP contribution in [-0.2, 0) is 4.43 Å². The maximum Gasteiger partial charge on any atom is 0.242 e. The van der Waals surface area contributed by atoms with Crippen LogP contribution < -0.4 is 9.74 Å². The quantitative estimate of drug-likeness (QED) is 0.772. The topological polar surface area (TPSA) is 30.5 Å². The number of nitrogens with one attached hydrogen (secondary N) is 1. The second-order valence-electron chi connectivity index (χ2n) is 7.06. The van der Waals surface area contributed by atoms with Gasteiger partial charge in [0.1, 0.15) is 5.75 Å². The molecule has 1 N–H and O–H groups in total. The molecule has 5 heteroatoms. The summed E-state index contributed by atoms with van der Waals surface area (Å²) < 4.78 is 12.4. The largest absolute Gasteiger partial charge is 0.544 e. The fraction of sp³-hybridized carbons (Fsp3) is 0.600. The van der Waals surface area contributed by atoms with Crippen molar-refractivity contribution in [1.82, 2.24) is 5.32 Å². The zero-order valence-corrected chi connectivity index (χ0v) is 15.9. The molecular weight excluding hydrogens is 282 g/mol. The van der Waals surface area contributed by atoms with E-state index >= 15 is 0 Å². The molecular formula is C15H29NO2Si2. The van der Waals surface area contributed by atoms with Crippen molar-refractivity contribution < 1.29 is 8.85 Å². The molecule has 0 bridgehead atoms. The third-order valence-corrected chi connectivity index (χ3v) is 4.38. The number of benzene rings is 1. The summed E-state index contributed by atoms with van der Waals surface area (Å²) in [5, 5.41) is 3.22. The van der Waals surface area contributed by atoms with E-state index in [1.165, 1.54) is 5.56 Å². The average Bonchev–Trinajstić information content (AvgIpc) is 2.24. The molecule has 0 aliphatic rings. The van der Waals surface area contributed by atoms with Crippen LogP contribution in [0, 0.1) is 0 Å². The molecule has 1 aromatic carbocycles. The second-order valence-corrected chi connectivity index (χ2v) is 16.0. The van der Waals surface area contributed by atoms with Crippen LogP contribution in [0.2, 0.25) is 39.3 Å². The molecule has 0 aliphatic carbocycles. The Morgan fingerprint density at radius 3 is 2.20 bits per heavy atom. The summed E-state index contributed by atoms with van der Waals surface area (Å²) in [5.41, 5.74) is 1.19. The Balaban J connectivity index is 2.93. The monoisotopic (exact) mass is 311 g/mol. The van der Waals surface area contributed by atoms with Crippen molar-refractivity contribution in [3.05, 3.63) is 29.8 Å². The van der Waals surface area contributed by atoms with Gasteiger partial charge in [0.25, 0.3) is 0 Å². The predicted octanol–water partition coefficient (Wildman–Crippen LogP) is 4.01. The van der Waals surface area contributed by atoms with Gasteiger partial charge in [-0.1, -0.05) is 12.1 Å². The van der Waals surface area contributed by atoms with Crippen LogP contribution in [0.3, 0.4) is 0 Å². The average molecular weight is 312 g/mol. The standard InChI is InChI=1S/C15H29NO2Si2/c1-16-12-15(18-20(5,6)7)13-9-8-10-14(11-13)17-19(2,3)4/h8-11,15-16H,12H2,1-7H3. The van der Waals surface area contributed by atoms with Crippen molar-refractivity contribution in [2.45, 2.75) is 45.4 Å². The summed E-state index contributed by atoms with van der Waals surface area (Å²) in [7, 11) is -1.18. The second kappa shape index (κ2) is 6.89. The summed E-state index contributed by atoms with van der Waals surface area (Å²) in [6, 6.07) is 8.34. The lowest BCUT2D eigenvalue weighted by atomic mass is 10.1. The van der Waals surface area contributed by atoms with E-state index in [1.807, 2.05) is 13.1 Å². The lowest BCUT2D eigenvalue weighted by Crippen LogP contribution is -2.32. The highest BCUT2D eigenvalue weighted by molar-refractivity contribution is 6.70. The number of rotatable bonds is 7. The number of hydrogen-bond acceptors (Lipinski definition) is 3. The van der Waals surface area contributed by atoms with Gasteiger partial charge in [0.15, 0.2) is 8.32 Å². The van der Waals surface area contributed by atoms with E-state index < -0.39 is 16.6 Å². The van der Waals surface area contributed by atoms with E-state index in [4.69, 9.17) is 8.85 Å². The Kier molecular flexibility index (Phi) is 6.00. The first-order valence-electron chi connectivity index (χ1n) is 7.22. The molecule has 0 fully saturated rings. The number of hydrogen-bond donors (Lipinski definition) is 1. The summed E-state index contributed by atoms with van der Waals surface area (Å²) in [6.45, 7) is 14.1. The zero-order valence-electron chi connectivity index (χ0n) is 13.9. The van der Waals surface area contributed by atoms with Gasteiger partial charge < -0.3 is 14.2 Å². The Hall–Kier alpha value is -0.626. The molecule has 3 nitrogen and oxygen atoms in total. The van der Waals surface area contributed by atoms with Gasteiger partial charge >= 0.3 is 0 Å². The highest BCUT2D eigenvalue weighted by Crippen LogP contribution is 2.26.